The second-order valence-corrected chi connectivity index (χ2v) is 6.28. The van der Waals surface area contributed by atoms with Crippen molar-refractivity contribution in [2.75, 3.05) is 0 Å². The highest BCUT2D eigenvalue weighted by atomic mass is 79.9. The lowest BCUT2D eigenvalue weighted by Crippen LogP contribution is -2.10. The van der Waals surface area contributed by atoms with E-state index in [9.17, 15) is 0 Å². The van der Waals surface area contributed by atoms with E-state index in [4.69, 9.17) is 0 Å². The topological polar surface area (TPSA) is 30.2 Å². The Morgan fingerprint density at radius 3 is 2.82 bits per heavy atom. The maximum Gasteiger partial charge on any atom is 0.155 e. The molecule has 0 saturated heterocycles. The van der Waals surface area contributed by atoms with E-state index in [1.54, 1.807) is 6.33 Å². The molecule has 92 valence electrons. The monoisotopic (exact) mass is 295 g/mol. The van der Waals surface area contributed by atoms with Gasteiger partial charge >= 0.3 is 0 Å². The molecule has 0 bridgehead atoms. The molecule has 2 heterocycles. The molecule has 0 N–H and O–H groups in total. The van der Waals surface area contributed by atoms with Crippen molar-refractivity contribution in [2.45, 2.75) is 38.4 Å². The largest absolute Gasteiger partial charge is 0.218 e. The van der Waals surface area contributed by atoms with Crippen molar-refractivity contribution in [3.05, 3.63) is 29.7 Å². The molecule has 3 nitrogen and oxygen atoms in total. The Kier molecular flexibility index (Phi) is 3.82. The molecular formula is C13H18BrN3. The van der Waals surface area contributed by atoms with Crippen molar-refractivity contribution < 1.29 is 0 Å². The van der Waals surface area contributed by atoms with Crippen LogP contribution in [0.25, 0.3) is 5.65 Å². The minimum absolute atomic E-state index is 0.497. The molecular weight excluding hydrogens is 278 g/mol. The first-order valence-electron chi connectivity index (χ1n) is 5.99. The summed E-state index contributed by atoms with van der Waals surface area (Å²) in [5.41, 5.74) is 3.40. The summed E-state index contributed by atoms with van der Waals surface area (Å²) < 4.78 is 1.93. The fourth-order valence-electron chi connectivity index (χ4n) is 2.11. The van der Waals surface area contributed by atoms with Crippen molar-refractivity contribution in [2.24, 2.45) is 5.92 Å². The Bertz CT molecular complexity index is 504. The highest BCUT2D eigenvalue weighted by molar-refractivity contribution is 9.09. The van der Waals surface area contributed by atoms with Gasteiger partial charge in [-0.15, -0.1) is 0 Å². The van der Waals surface area contributed by atoms with E-state index >= 15 is 0 Å². The summed E-state index contributed by atoms with van der Waals surface area (Å²) in [4.78, 5) is 4.74. The van der Waals surface area contributed by atoms with Crippen LogP contribution in [-0.4, -0.2) is 19.4 Å². The summed E-state index contributed by atoms with van der Waals surface area (Å²) in [6, 6.07) is 4.25. The molecule has 0 aromatic carbocycles. The van der Waals surface area contributed by atoms with E-state index in [1.165, 1.54) is 17.7 Å². The molecule has 2 rings (SSSR count). The van der Waals surface area contributed by atoms with E-state index in [2.05, 4.69) is 58.9 Å². The third kappa shape index (κ3) is 3.06. The fraction of sp³-hybridized carbons (Fsp3) is 0.538. The first-order valence-corrected chi connectivity index (χ1v) is 6.91. The second kappa shape index (κ2) is 5.17. The van der Waals surface area contributed by atoms with Gasteiger partial charge in [0.05, 0.1) is 0 Å². The molecule has 0 aliphatic rings. The van der Waals surface area contributed by atoms with Crippen LogP contribution in [-0.2, 0) is 6.42 Å². The van der Waals surface area contributed by atoms with Gasteiger partial charge in [-0.2, -0.15) is 5.10 Å². The molecule has 0 spiro atoms. The number of pyridine rings is 1. The van der Waals surface area contributed by atoms with Crippen LogP contribution in [0.2, 0.25) is 0 Å². The van der Waals surface area contributed by atoms with Crippen LogP contribution in [0.1, 0.15) is 31.5 Å². The Balaban J connectivity index is 2.25. The van der Waals surface area contributed by atoms with E-state index < -0.39 is 0 Å². The minimum atomic E-state index is 0.497. The zero-order valence-electron chi connectivity index (χ0n) is 10.5. The van der Waals surface area contributed by atoms with Gasteiger partial charge in [-0.25, -0.2) is 9.50 Å². The molecule has 0 fully saturated rings. The molecule has 2 aromatic heterocycles. The van der Waals surface area contributed by atoms with E-state index in [0.29, 0.717) is 10.7 Å². The molecule has 0 saturated carbocycles. The minimum Gasteiger partial charge on any atom is -0.218 e. The van der Waals surface area contributed by atoms with Gasteiger partial charge in [0.25, 0.3) is 0 Å². The lowest BCUT2D eigenvalue weighted by atomic mass is 10.0. The Morgan fingerprint density at radius 1 is 1.35 bits per heavy atom. The smallest absolute Gasteiger partial charge is 0.155 e. The first-order chi connectivity index (χ1) is 8.06. The summed E-state index contributed by atoms with van der Waals surface area (Å²) in [7, 11) is 0. The van der Waals surface area contributed by atoms with E-state index in [1.807, 2.05) is 4.52 Å². The highest BCUT2D eigenvalue weighted by Gasteiger charge is 2.11. The molecule has 1 unspecified atom stereocenters. The van der Waals surface area contributed by atoms with Gasteiger partial charge in [0, 0.05) is 16.9 Å². The van der Waals surface area contributed by atoms with Gasteiger partial charge in [0.2, 0.25) is 0 Å². The molecule has 0 amide bonds. The first kappa shape index (κ1) is 12.6. The van der Waals surface area contributed by atoms with Crippen LogP contribution < -0.4 is 0 Å². The van der Waals surface area contributed by atoms with E-state index in [-0.39, 0.29) is 0 Å². The number of fused-ring (bicyclic) bond motifs is 1. The second-order valence-electron chi connectivity index (χ2n) is 4.99. The Morgan fingerprint density at radius 2 is 2.12 bits per heavy atom. The van der Waals surface area contributed by atoms with Gasteiger partial charge in [0.1, 0.15) is 6.33 Å². The molecule has 4 heteroatoms. The predicted molar refractivity (Wildman–Crippen MR) is 73.6 cm³/mol. The normalized spacial score (nSPS) is 13.5. The highest BCUT2D eigenvalue weighted by Crippen LogP contribution is 2.19. The quantitative estimate of drug-likeness (QED) is 0.810. The average Bonchev–Trinajstić information content (AvgIpc) is 2.63. The van der Waals surface area contributed by atoms with Crippen molar-refractivity contribution in [3.8, 4) is 0 Å². The summed E-state index contributed by atoms with van der Waals surface area (Å²) in [6.07, 6.45) is 3.77. The number of alkyl halides is 1. The molecule has 1 atom stereocenters. The van der Waals surface area contributed by atoms with Crippen LogP contribution in [0.5, 0.6) is 0 Å². The third-order valence-corrected chi connectivity index (χ3v) is 3.45. The number of rotatable bonds is 4. The number of hydrogen-bond acceptors (Lipinski definition) is 2. The van der Waals surface area contributed by atoms with Crippen LogP contribution >= 0.6 is 15.9 Å². The third-order valence-electron chi connectivity index (χ3n) is 2.76. The van der Waals surface area contributed by atoms with Gasteiger partial charge < -0.3 is 0 Å². The van der Waals surface area contributed by atoms with Gasteiger partial charge in [0.15, 0.2) is 5.65 Å². The molecule has 0 aliphatic heterocycles. The van der Waals surface area contributed by atoms with Crippen molar-refractivity contribution >= 4 is 21.6 Å². The van der Waals surface area contributed by atoms with Crippen LogP contribution in [0.3, 0.4) is 0 Å². The molecule has 0 aliphatic carbocycles. The van der Waals surface area contributed by atoms with Crippen molar-refractivity contribution in [1.82, 2.24) is 14.6 Å². The Labute approximate surface area is 110 Å². The van der Waals surface area contributed by atoms with Gasteiger partial charge in [-0.3, -0.25) is 0 Å². The maximum atomic E-state index is 4.28. The van der Waals surface area contributed by atoms with Crippen molar-refractivity contribution in [3.63, 3.8) is 0 Å². The number of halogens is 1. The zero-order chi connectivity index (χ0) is 12.4. The van der Waals surface area contributed by atoms with Crippen LogP contribution in [0.15, 0.2) is 18.5 Å². The summed E-state index contributed by atoms with van der Waals surface area (Å²) in [6.45, 7) is 6.59. The van der Waals surface area contributed by atoms with Crippen LogP contribution in [0, 0.1) is 12.8 Å². The summed E-state index contributed by atoms with van der Waals surface area (Å²) in [5, 5.41) is 4.28. The number of aromatic nitrogens is 3. The average molecular weight is 296 g/mol. The number of nitrogens with zero attached hydrogens (tertiary/aromatic N) is 3. The van der Waals surface area contributed by atoms with Crippen LogP contribution in [0.4, 0.5) is 0 Å². The number of aryl methyl sites for hydroxylation is 1. The zero-order valence-corrected chi connectivity index (χ0v) is 12.1. The van der Waals surface area contributed by atoms with E-state index in [0.717, 1.165) is 12.1 Å². The standard InChI is InChI=1S/C13H18BrN3/c1-9(2)4-11(14)7-12-5-10(3)6-13-15-8-16-17(12)13/h5-6,8-9,11H,4,7H2,1-3H3. The predicted octanol–water partition coefficient (Wildman–Crippen LogP) is 3.39. The Hall–Kier alpha value is -0.900. The summed E-state index contributed by atoms with van der Waals surface area (Å²) in [5.74, 6) is 0.704. The van der Waals surface area contributed by atoms with Gasteiger partial charge in [-0.05, 0) is 37.0 Å². The van der Waals surface area contributed by atoms with Gasteiger partial charge in [-0.1, -0.05) is 29.8 Å². The molecule has 17 heavy (non-hydrogen) atoms. The molecule has 0 radical (unpaired) electrons. The lowest BCUT2D eigenvalue weighted by molar-refractivity contribution is 0.565. The molecule has 2 aromatic rings. The lowest BCUT2D eigenvalue weighted by Gasteiger charge is -2.13. The fourth-order valence-corrected chi connectivity index (χ4v) is 3.19. The van der Waals surface area contributed by atoms with Crippen molar-refractivity contribution in [1.29, 1.82) is 0 Å². The maximum absolute atomic E-state index is 4.28. The summed E-state index contributed by atoms with van der Waals surface area (Å²) >= 11 is 3.75. The SMILES string of the molecule is Cc1cc(CC(Br)CC(C)C)n2ncnc2c1. The number of hydrogen-bond donors (Lipinski definition) is 0.